The molecule has 0 spiro atoms. The Bertz CT molecular complexity index is 894. The highest BCUT2D eigenvalue weighted by Gasteiger charge is 2.25. The summed E-state index contributed by atoms with van der Waals surface area (Å²) in [5.74, 6) is -0.216. The number of rotatable bonds is 7. The maximum atomic E-state index is 12.9. The van der Waals surface area contributed by atoms with E-state index in [1.807, 2.05) is 0 Å². The number of hydrogen-bond donors (Lipinski definition) is 1. The van der Waals surface area contributed by atoms with Crippen molar-refractivity contribution in [2.24, 2.45) is 0 Å². The number of sulfonamides is 1. The summed E-state index contributed by atoms with van der Waals surface area (Å²) >= 11 is 1.33. The minimum Gasteiger partial charge on any atom is -0.351 e. The van der Waals surface area contributed by atoms with Crippen LogP contribution in [-0.2, 0) is 21.4 Å². The van der Waals surface area contributed by atoms with Crippen LogP contribution in [-0.4, -0.2) is 37.5 Å². The first kappa shape index (κ1) is 20.8. The molecule has 150 valence electrons. The van der Waals surface area contributed by atoms with Crippen LogP contribution < -0.4 is 5.32 Å². The molecule has 0 bridgehead atoms. The third kappa shape index (κ3) is 5.56. The highest BCUT2D eigenvalue weighted by molar-refractivity contribution is 8.00. The predicted octanol–water partition coefficient (Wildman–Crippen LogP) is 3.41. The lowest BCUT2D eigenvalue weighted by Gasteiger charge is -2.25. The van der Waals surface area contributed by atoms with E-state index < -0.39 is 10.0 Å². The van der Waals surface area contributed by atoms with Crippen molar-refractivity contribution in [1.29, 1.82) is 0 Å². The van der Waals surface area contributed by atoms with Gasteiger partial charge < -0.3 is 5.32 Å². The summed E-state index contributed by atoms with van der Waals surface area (Å²) in [6, 6.07) is 12.6. The van der Waals surface area contributed by atoms with E-state index in [9.17, 15) is 17.6 Å². The molecule has 1 heterocycles. The second kappa shape index (κ2) is 9.54. The molecule has 2 aromatic rings. The van der Waals surface area contributed by atoms with Crippen molar-refractivity contribution in [3.63, 3.8) is 0 Å². The average molecular weight is 423 g/mol. The van der Waals surface area contributed by atoms with Gasteiger partial charge in [-0.2, -0.15) is 4.31 Å². The molecule has 1 saturated heterocycles. The summed E-state index contributed by atoms with van der Waals surface area (Å²) in [4.78, 5) is 13.1. The van der Waals surface area contributed by atoms with Gasteiger partial charge in [-0.05, 0) is 54.8 Å². The number of carbonyl (C=O) groups excluding carboxylic acids is 1. The number of carbonyl (C=O) groups is 1. The number of benzene rings is 2. The number of hydrogen-bond acceptors (Lipinski definition) is 4. The summed E-state index contributed by atoms with van der Waals surface area (Å²) < 4.78 is 39.7. The van der Waals surface area contributed by atoms with Gasteiger partial charge in [-0.25, -0.2) is 12.8 Å². The van der Waals surface area contributed by atoms with Crippen LogP contribution in [0, 0.1) is 5.82 Å². The van der Waals surface area contributed by atoms with Crippen molar-refractivity contribution in [2.75, 3.05) is 18.8 Å². The van der Waals surface area contributed by atoms with Gasteiger partial charge in [0.1, 0.15) is 5.82 Å². The number of thioether (sulfide) groups is 1. The molecule has 28 heavy (non-hydrogen) atoms. The smallest absolute Gasteiger partial charge is 0.243 e. The Labute approximate surface area is 169 Å². The minimum absolute atomic E-state index is 0.140. The summed E-state index contributed by atoms with van der Waals surface area (Å²) in [5.41, 5.74) is 0.831. The van der Waals surface area contributed by atoms with Gasteiger partial charge >= 0.3 is 0 Å². The first-order valence-corrected chi connectivity index (χ1v) is 11.6. The monoisotopic (exact) mass is 422 g/mol. The van der Waals surface area contributed by atoms with Crippen molar-refractivity contribution in [1.82, 2.24) is 9.62 Å². The topological polar surface area (TPSA) is 66.5 Å². The number of nitrogens with zero attached hydrogens (tertiary/aromatic N) is 1. The SMILES string of the molecule is O=C(CSc1ccc(F)cc1)NCc1ccc(S(=O)(=O)N2CCCCC2)cc1. The minimum atomic E-state index is -3.44. The van der Waals surface area contributed by atoms with Crippen LogP contribution in [0.1, 0.15) is 24.8 Å². The summed E-state index contributed by atoms with van der Waals surface area (Å²) in [5, 5.41) is 2.81. The highest BCUT2D eigenvalue weighted by Crippen LogP contribution is 2.21. The first-order valence-electron chi connectivity index (χ1n) is 9.19. The molecule has 0 unspecified atom stereocenters. The lowest BCUT2D eigenvalue weighted by molar-refractivity contribution is -0.118. The van der Waals surface area contributed by atoms with Crippen LogP contribution in [0.5, 0.6) is 0 Å². The molecular formula is C20H23FN2O3S2. The molecule has 1 N–H and O–H groups in total. The van der Waals surface area contributed by atoms with Crippen LogP contribution in [0.15, 0.2) is 58.3 Å². The van der Waals surface area contributed by atoms with Crippen LogP contribution in [0.2, 0.25) is 0 Å². The molecule has 2 aromatic carbocycles. The number of amides is 1. The van der Waals surface area contributed by atoms with Crippen molar-refractivity contribution in [2.45, 2.75) is 35.6 Å². The predicted molar refractivity (Wildman–Crippen MR) is 108 cm³/mol. The Morgan fingerprint density at radius 2 is 1.64 bits per heavy atom. The van der Waals surface area contributed by atoms with Gasteiger partial charge in [0.2, 0.25) is 15.9 Å². The zero-order chi connectivity index (χ0) is 20.0. The zero-order valence-corrected chi connectivity index (χ0v) is 17.1. The standard InChI is InChI=1S/C20H23FN2O3S2/c21-17-6-8-18(9-7-17)27-15-20(24)22-14-16-4-10-19(11-5-16)28(25,26)23-12-2-1-3-13-23/h4-11H,1-3,12-15H2,(H,22,24). The van der Waals surface area contributed by atoms with Crippen molar-refractivity contribution in [3.8, 4) is 0 Å². The van der Waals surface area contributed by atoms with Gasteiger partial charge in [-0.15, -0.1) is 11.8 Å². The van der Waals surface area contributed by atoms with E-state index >= 15 is 0 Å². The van der Waals surface area contributed by atoms with Gasteiger partial charge in [-0.3, -0.25) is 4.79 Å². The Morgan fingerprint density at radius 3 is 2.29 bits per heavy atom. The molecule has 0 aromatic heterocycles. The summed E-state index contributed by atoms with van der Waals surface area (Å²) in [6.07, 6.45) is 2.88. The summed E-state index contributed by atoms with van der Waals surface area (Å²) in [7, 11) is -3.44. The Balaban J connectivity index is 1.49. The molecule has 0 saturated carbocycles. The number of nitrogens with one attached hydrogen (secondary N) is 1. The van der Waals surface area contributed by atoms with Crippen LogP contribution in [0.4, 0.5) is 4.39 Å². The molecule has 0 radical (unpaired) electrons. The molecule has 1 aliphatic heterocycles. The molecular weight excluding hydrogens is 399 g/mol. The van der Waals surface area contributed by atoms with E-state index in [2.05, 4.69) is 5.32 Å². The van der Waals surface area contributed by atoms with Gasteiger partial charge in [0.25, 0.3) is 0 Å². The molecule has 1 fully saturated rings. The normalized spacial score (nSPS) is 15.3. The Kier molecular flexibility index (Phi) is 7.09. The molecule has 0 aliphatic carbocycles. The second-order valence-corrected chi connectivity index (χ2v) is 9.61. The largest absolute Gasteiger partial charge is 0.351 e. The average Bonchev–Trinajstić information content (AvgIpc) is 2.73. The quantitative estimate of drug-likeness (QED) is 0.695. The number of piperidine rings is 1. The van der Waals surface area contributed by atoms with E-state index in [4.69, 9.17) is 0 Å². The second-order valence-electron chi connectivity index (χ2n) is 6.63. The first-order chi connectivity index (χ1) is 13.4. The molecule has 3 rings (SSSR count). The van der Waals surface area contributed by atoms with E-state index in [1.54, 1.807) is 40.7 Å². The van der Waals surface area contributed by atoms with Crippen LogP contribution in [0.25, 0.3) is 0 Å². The van der Waals surface area contributed by atoms with Crippen molar-refractivity contribution < 1.29 is 17.6 Å². The van der Waals surface area contributed by atoms with Gasteiger partial charge in [-0.1, -0.05) is 18.6 Å². The lowest BCUT2D eigenvalue weighted by Crippen LogP contribution is -2.35. The van der Waals surface area contributed by atoms with E-state index in [0.29, 0.717) is 19.6 Å². The Morgan fingerprint density at radius 1 is 1.00 bits per heavy atom. The summed E-state index contributed by atoms with van der Waals surface area (Å²) in [6.45, 7) is 1.48. The zero-order valence-electron chi connectivity index (χ0n) is 15.4. The Hall–Kier alpha value is -1.90. The maximum absolute atomic E-state index is 12.9. The molecule has 5 nitrogen and oxygen atoms in total. The van der Waals surface area contributed by atoms with Gasteiger partial charge in [0.05, 0.1) is 10.6 Å². The lowest BCUT2D eigenvalue weighted by atomic mass is 10.2. The maximum Gasteiger partial charge on any atom is 0.243 e. The molecule has 0 atom stereocenters. The van der Waals surface area contributed by atoms with Crippen molar-refractivity contribution in [3.05, 3.63) is 59.9 Å². The van der Waals surface area contributed by atoms with Crippen molar-refractivity contribution >= 4 is 27.7 Å². The fraction of sp³-hybridized carbons (Fsp3) is 0.350. The molecule has 1 amide bonds. The van der Waals surface area contributed by atoms with Gasteiger partial charge in [0, 0.05) is 24.5 Å². The van der Waals surface area contributed by atoms with E-state index in [1.165, 1.54) is 23.9 Å². The number of halogens is 1. The van der Waals surface area contributed by atoms with E-state index in [0.717, 1.165) is 29.7 Å². The third-order valence-electron chi connectivity index (χ3n) is 4.55. The van der Waals surface area contributed by atoms with Gasteiger partial charge in [0.15, 0.2) is 0 Å². The van der Waals surface area contributed by atoms with Crippen LogP contribution in [0.3, 0.4) is 0 Å². The molecule has 1 aliphatic rings. The molecule has 8 heteroatoms. The van der Waals surface area contributed by atoms with Crippen LogP contribution >= 0.6 is 11.8 Å². The fourth-order valence-electron chi connectivity index (χ4n) is 2.96. The highest BCUT2D eigenvalue weighted by atomic mass is 32.2. The fourth-order valence-corrected chi connectivity index (χ4v) is 5.21. The third-order valence-corrected chi connectivity index (χ3v) is 7.47. The van der Waals surface area contributed by atoms with E-state index in [-0.39, 0.29) is 22.4 Å².